The molecule has 0 amide bonds. The standard InChI is InChI=1S/C15H19N3O3/c1-21-10-6-2-5-9-16-13-11-7-3-4-8-12(11)17-18-14(13)15(19)20/h3-4,7-8H,2,5-6,9-10H2,1H3,(H,16,17)(H,19,20). The maximum atomic E-state index is 11.3. The van der Waals surface area contributed by atoms with Gasteiger partial charge < -0.3 is 15.2 Å². The topological polar surface area (TPSA) is 84.3 Å². The van der Waals surface area contributed by atoms with Gasteiger partial charge in [0.1, 0.15) is 0 Å². The van der Waals surface area contributed by atoms with Gasteiger partial charge in [0.15, 0.2) is 5.69 Å². The smallest absolute Gasteiger partial charge is 0.358 e. The van der Waals surface area contributed by atoms with Gasteiger partial charge in [0.05, 0.1) is 11.2 Å². The highest BCUT2D eigenvalue weighted by Gasteiger charge is 2.15. The highest BCUT2D eigenvalue weighted by molar-refractivity contribution is 6.02. The number of carboxylic acids is 1. The summed E-state index contributed by atoms with van der Waals surface area (Å²) in [5, 5.41) is 21.0. The molecule has 6 heteroatoms. The van der Waals surface area contributed by atoms with Crippen LogP contribution in [-0.4, -0.2) is 41.5 Å². The summed E-state index contributed by atoms with van der Waals surface area (Å²) in [4.78, 5) is 11.3. The maximum Gasteiger partial charge on any atom is 0.358 e. The number of carboxylic acid groups (broad SMARTS) is 1. The summed E-state index contributed by atoms with van der Waals surface area (Å²) in [5.74, 6) is -1.07. The van der Waals surface area contributed by atoms with Crippen molar-refractivity contribution in [1.29, 1.82) is 0 Å². The average molecular weight is 289 g/mol. The Kier molecular flexibility index (Phi) is 5.45. The zero-order valence-corrected chi connectivity index (χ0v) is 12.0. The van der Waals surface area contributed by atoms with Gasteiger partial charge in [-0.15, -0.1) is 10.2 Å². The second kappa shape index (κ2) is 7.54. The molecule has 0 atom stereocenters. The van der Waals surface area contributed by atoms with Crippen molar-refractivity contribution in [3.8, 4) is 0 Å². The van der Waals surface area contributed by atoms with E-state index in [1.807, 2.05) is 24.3 Å². The molecule has 2 N–H and O–H groups in total. The second-order valence-corrected chi connectivity index (χ2v) is 4.73. The minimum Gasteiger partial charge on any atom is -0.476 e. The van der Waals surface area contributed by atoms with Gasteiger partial charge in [-0.25, -0.2) is 4.79 Å². The number of anilines is 1. The number of methoxy groups -OCH3 is 1. The summed E-state index contributed by atoms with van der Waals surface area (Å²) in [6, 6.07) is 7.38. The van der Waals surface area contributed by atoms with Gasteiger partial charge in [-0.2, -0.15) is 0 Å². The number of hydrogen-bond acceptors (Lipinski definition) is 5. The third-order valence-corrected chi connectivity index (χ3v) is 3.20. The number of fused-ring (bicyclic) bond motifs is 1. The van der Waals surface area contributed by atoms with Gasteiger partial charge >= 0.3 is 5.97 Å². The Hall–Kier alpha value is -2.21. The van der Waals surface area contributed by atoms with E-state index in [4.69, 9.17) is 4.74 Å². The number of hydrogen-bond donors (Lipinski definition) is 2. The fourth-order valence-corrected chi connectivity index (χ4v) is 2.14. The third-order valence-electron chi connectivity index (χ3n) is 3.20. The molecular formula is C15H19N3O3. The monoisotopic (exact) mass is 289 g/mol. The van der Waals surface area contributed by atoms with Crippen LogP contribution in [0.3, 0.4) is 0 Å². The first-order chi connectivity index (χ1) is 10.2. The molecule has 1 aromatic carbocycles. The van der Waals surface area contributed by atoms with E-state index in [0.717, 1.165) is 31.3 Å². The Balaban J connectivity index is 2.12. The van der Waals surface area contributed by atoms with Crippen LogP contribution in [0.25, 0.3) is 10.9 Å². The van der Waals surface area contributed by atoms with Crippen LogP contribution < -0.4 is 5.32 Å². The van der Waals surface area contributed by atoms with E-state index < -0.39 is 5.97 Å². The maximum absolute atomic E-state index is 11.3. The van der Waals surface area contributed by atoms with Crippen molar-refractivity contribution in [2.75, 3.05) is 25.6 Å². The number of carbonyl (C=O) groups is 1. The Morgan fingerprint density at radius 3 is 2.81 bits per heavy atom. The molecule has 1 heterocycles. The fourth-order valence-electron chi connectivity index (χ4n) is 2.14. The molecule has 0 aliphatic carbocycles. The lowest BCUT2D eigenvalue weighted by Crippen LogP contribution is -2.11. The molecule has 0 unspecified atom stereocenters. The molecule has 0 saturated heterocycles. The number of unbranched alkanes of at least 4 members (excludes halogenated alkanes) is 2. The van der Waals surface area contributed by atoms with Crippen molar-refractivity contribution in [1.82, 2.24) is 10.2 Å². The van der Waals surface area contributed by atoms with E-state index in [0.29, 0.717) is 17.7 Å². The van der Waals surface area contributed by atoms with Crippen LogP contribution in [0.5, 0.6) is 0 Å². The van der Waals surface area contributed by atoms with Crippen molar-refractivity contribution < 1.29 is 14.6 Å². The molecule has 2 rings (SSSR count). The van der Waals surface area contributed by atoms with Crippen LogP contribution in [0.2, 0.25) is 0 Å². The first-order valence-electron chi connectivity index (χ1n) is 6.95. The van der Waals surface area contributed by atoms with Crippen LogP contribution in [0.15, 0.2) is 24.3 Å². The van der Waals surface area contributed by atoms with Crippen molar-refractivity contribution in [3.63, 3.8) is 0 Å². The van der Waals surface area contributed by atoms with Crippen molar-refractivity contribution >= 4 is 22.6 Å². The fraction of sp³-hybridized carbons (Fsp3) is 0.400. The molecule has 0 radical (unpaired) electrons. The predicted octanol–water partition coefficient (Wildman–Crippen LogP) is 2.56. The van der Waals surface area contributed by atoms with E-state index in [-0.39, 0.29) is 5.69 Å². The quantitative estimate of drug-likeness (QED) is 0.727. The molecule has 0 bridgehead atoms. The van der Waals surface area contributed by atoms with E-state index in [1.54, 1.807) is 7.11 Å². The molecular weight excluding hydrogens is 270 g/mol. The molecule has 0 aliphatic rings. The van der Waals surface area contributed by atoms with Crippen molar-refractivity contribution in [2.45, 2.75) is 19.3 Å². The molecule has 6 nitrogen and oxygen atoms in total. The minimum absolute atomic E-state index is 0.0365. The average Bonchev–Trinajstić information content (AvgIpc) is 2.50. The molecule has 112 valence electrons. The van der Waals surface area contributed by atoms with Gasteiger partial charge in [0, 0.05) is 25.6 Å². The van der Waals surface area contributed by atoms with Crippen LogP contribution >= 0.6 is 0 Å². The zero-order valence-electron chi connectivity index (χ0n) is 12.0. The number of nitrogens with zero attached hydrogens (tertiary/aromatic N) is 2. The number of ether oxygens (including phenoxy) is 1. The Morgan fingerprint density at radius 2 is 2.05 bits per heavy atom. The molecule has 0 spiro atoms. The van der Waals surface area contributed by atoms with Gasteiger partial charge in [0.25, 0.3) is 0 Å². The summed E-state index contributed by atoms with van der Waals surface area (Å²) in [6.45, 7) is 1.44. The number of benzene rings is 1. The number of aromatic nitrogens is 2. The number of aromatic carboxylic acids is 1. The lowest BCUT2D eigenvalue weighted by atomic mass is 10.1. The Bertz CT molecular complexity index is 616. The highest BCUT2D eigenvalue weighted by atomic mass is 16.5. The van der Waals surface area contributed by atoms with E-state index in [1.165, 1.54) is 0 Å². The number of nitrogens with one attached hydrogen (secondary N) is 1. The van der Waals surface area contributed by atoms with Crippen molar-refractivity contribution in [2.24, 2.45) is 0 Å². The van der Waals surface area contributed by atoms with E-state index in [2.05, 4.69) is 15.5 Å². The summed E-state index contributed by atoms with van der Waals surface area (Å²) >= 11 is 0. The van der Waals surface area contributed by atoms with Crippen LogP contribution in [0.4, 0.5) is 5.69 Å². The highest BCUT2D eigenvalue weighted by Crippen LogP contribution is 2.24. The van der Waals surface area contributed by atoms with E-state index in [9.17, 15) is 9.90 Å². The predicted molar refractivity (Wildman–Crippen MR) is 80.7 cm³/mol. The Labute approximate surface area is 123 Å². The van der Waals surface area contributed by atoms with Gasteiger partial charge in [0.2, 0.25) is 0 Å². The molecule has 21 heavy (non-hydrogen) atoms. The SMILES string of the molecule is COCCCCCNc1c(C(=O)O)nnc2ccccc12. The lowest BCUT2D eigenvalue weighted by Gasteiger charge is -2.11. The van der Waals surface area contributed by atoms with Crippen LogP contribution in [-0.2, 0) is 4.74 Å². The second-order valence-electron chi connectivity index (χ2n) is 4.73. The first kappa shape index (κ1) is 15.2. The molecule has 0 fully saturated rings. The first-order valence-corrected chi connectivity index (χ1v) is 6.95. The molecule has 2 aromatic rings. The van der Waals surface area contributed by atoms with Gasteiger partial charge in [-0.1, -0.05) is 18.2 Å². The largest absolute Gasteiger partial charge is 0.476 e. The Morgan fingerprint density at radius 1 is 1.24 bits per heavy atom. The molecule has 0 saturated carbocycles. The van der Waals surface area contributed by atoms with Gasteiger partial charge in [-0.3, -0.25) is 0 Å². The molecule has 0 aliphatic heterocycles. The normalized spacial score (nSPS) is 10.7. The minimum atomic E-state index is -1.07. The van der Waals surface area contributed by atoms with Gasteiger partial charge in [-0.05, 0) is 25.3 Å². The summed E-state index contributed by atoms with van der Waals surface area (Å²) in [7, 11) is 1.69. The van der Waals surface area contributed by atoms with Crippen LogP contribution in [0.1, 0.15) is 29.8 Å². The molecule has 1 aromatic heterocycles. The zero-order chi connectivity index (χ0) is 15.1. The summed E-state index contributed by atoms with van der Waals surface area (Å²) in [6.07, 6.45) is 2.97. The lowest BCUT2D eigenvalue weighted by molar-refractivity contribution is 0.0690. The summed E-state index contributed by atoms with van der Waals surface area (Å²) < 4.78 is 5.00. The third kappa shape index (κ3) is 3.88. The van der Waals surface area contributed by atoms with Crippen molar-refractivity contribution in [3.05, 3.63) is 30.0 Å². The van der Waals surface area contributed by atoms with Crippen LogP contribution in [0, 0.1) is 0 Å². The number of rotatable bonds is 8. The summed E-state index contributed by atoms with van der Waals surface area (Å²) in [5.41, 5.74) is 1.19. The van der Waals surface area contributed by atoms with E-state index >= 15 is 0 Å².